The average molecular weight is 387 g/mol. The molecule has 0 atom stereocenters. The molecule has 0 spiro atoms. The SMILES string of the molecule is Cc1ccc(C)c(NC(=O)CN(CCC(=O)Nc2ncc(C)s2)C2CC2)c1. The predicted octanol–water partition coefficient (Wildman–Crippen LogP) is 3.50. The minimum atomic E-state index is -0.0649. The van der Waals surface area contributed by atoms with Crippen LogP contribution in [0.1, 0.15) is 35.3 Å². The van der Waals surface area contributed by atoms with E-state index in [2.05, 4.69) is 20.5 Å². The van der Waals surface area contributed by atoms with Crippen LogP contribution in [0, 0.1) is 20.8 Å². The van der Waals surface area contributed by atoms with E-state index in [-0.39, 0.29) is 11.8 Å². The standard InChI is InChI=1S/C20H26N4O2S/c1-13-4-5-14(2)17(10-13)22-19(26)12-24(16-6-7-16)9-8-18(25)23-20-21-11-15(3)27-20/h4-5,10-11,16H,6-9,12H2,1-3H3,(H,22,26)(H,21,23,25). The fourth-order valence-electron chi connectivity index (χ4n) is 2.91. The second-order valence-electron chi connectivity index (χ2n) is 7.14. The van der Waals surface area contributed by atoms with Crippen LogP contribution in [0.4, 0.5) is 10.8 Å². The summed E-state index contributed by atoms with van der Waals surface area (Å²) >= 11 is 1.46. The fraction of sp³-hybridized carbons (Fsp3) is 0.450. The van der Waals surface area contributed by atoms with E-state index < -0.39 is 0 Å². The first kappa shape index (κ1) is 19.5. The maximum absolute atomic E-state index is 12.5. The van der Waals surface area contributed by atoms with Crippen molar-refractivity contribution in [1.82, 2.24) is 9.88 Å². The summed E-state index contributed by atoms with van der Waals surface area (Å²) in [7, 11) is 0. The minimum absolute atomic E-state index is 0.0356. The largest absolute Gasteiger partial charge is 0.325 e. The number of benzene rings is 1. The molecule has 0 saturated heterocycles. The van der Waals surface area contributed by atoms with Gasteiger partial charge >= 0.3 is 0 Å². The Kier molecular flexibility index (Phi) is 6.23. The van der Waals surface area contributed by atoms with Crippen molar-refractivity contribution in [3.05, 3.63) is 40.4 Å². The van der Waals surface area contributed by atoms with Gasteiger partial charge in [-0.1, -0.05) is 12.1 Å². The molecule has 6 nitrogen and oxygen atoms in total. The molecule has 2 aromatic rings. The van der Waals surface area contributed by atoms with Gasteiger partial charge in [0, 0.05) is 35.8 Å². The summed E-state index contributed by atoms with van der Waals surface area (Å²) in [6, 6.07) is 6.43. The number of carbonyl (C=O) groups is 2. The first-order chi connectivity index (χ1) is 12.9. The Balaban J connectivity index is 1.50. The van der Waals surface area contributed by atoms with Gasteiger partial charge in [0.15, 0.2) is 5.13 Å². The summed E-state index contributed by atoms with van der Waals surface area (Å²) < 4.78 is 0. The molecule has 144 valence electrons. The molecule has 1 aliphatic carbocycles. The highest BCUT2D eigenvalue weighted by Gasteiger charge is 2.30. The molecule has 2 amide bonds. The van der Waals surface area contributed by atoms with E-state index in [1.54, 1.807) is 6.20 Å². The topological polar surface area (TPSA) is 74.3 Å². The monoisotopic (exact) mass is 386 g/mol. The number of hydrogen-bond acceptors (Lipinski definition) is 5. The lowest BCUT2D eigenvalue weighted by Crippen LogP contribution is -2.37. The van der Waals surface area contributed by atoms with Crippen molar-refractivity contribution in [1.29, 1.82) is 0 Å². The molecule has 7 heteroatoms. The third kappa shape index (κ3) is 5.87. The molecule has 0 unspecified atom stereocenters. The van der Waals surface area contributed by atoms with Crippen LogP contribution >= 0.6 is 11.3 Å². The molecule has 2 N–H and O–H groups in total. The number of thiazole rings is 1. The van der Waals surface area contributed by atoms with Gasteiger partial charge in [0.1, 0.15) is 0 Å². The molecule has 1 saturated carbocycles. The maximum Gasteiger partial charge on any atom is 0.238 e. The maximum atomic E-state index is 12.5. The smallest absolute Gasteiger partial charge is 0.238 e. The number of amides is 2. The van der Waals surface area contributed by atoms with Crippen LogP contribution in [0.3, 0.4) is 0 Å². The lowest BCUT2D eigenvalue weighted by Gasteiger charge is -2.21. The number of anilines is 2. The summed E-state index contributed by atoms with van der Waals surface area (Å²) in [6.07, 6.45) is 4.27. The number of nitrogens with zero attached hydrogens (tertiary/aromatic N) is 2. The summed E-state index contributed by atoms with van der Waals surface area (Å²) in [6.45, 7) is 6.83. The molecule has 1 heterocycles. The van der Waals surface area contributed by atoms with Crippen molar-refractivity contribution >= 4 is 34.0 Å². The number of rotatable bonds is 8. The first-order valence-corrected chi connectivity index (χ1v) is 10.1. The van der Waals surface area contributed by atoms with E-state index in [0.29, 0.717) is 30.7 Å². The molecule has 1 aromatic carbocycles. The summed E-state index contributed by atoms with van der Waals surface area (Å²) in [5.41, 5.74) is 3.02. The Hall–Kier alpha value is -2.25. The summed E-state index contributed by atoms with van der Waals surface area (Å²) in [4.78, 5) is 32.0. The quantitative estimate of drug-likeness (QED) is 0.728. The third-order valence-electron chi connectivity index (χ3n) is 4.57. The summed E-state index contributed by atoms with van der Waals surface area (Å²) in [5.74, 6) is -0.100. The van der Waals surface area contributed by atoms with Crippen LogP contribution in [-0.4, -0.2) is 40.8 Å². The fourth-order valence-corrected chi connectivity index (χ4v) is 3.60. The van der Waals surface area contributed by atoms with E-state index in [4.69, 9.17) is 0 Å². The van der Waals surface area contributed by atoms with Crippen LogP contribution in [0.25, 0.3) is 0 Å². The normalized spacial score (nSPS) is 13.6. The van der Waals surface area contributed by atoms with Crippen molar-refractivity contribution in [3.8, 4) is 0 Å². The van der Waals surface area contributed by atoms with Gasteiger partial charge in [-0.05, 0) is 50.8 Å². The highest BCUT2D eigenvalue weighted by Crippen LogP contribution is 2.27. The molecule has 27 heavy (non-hydrogen) atoms. The van der Waals surface area contributed by atoms with Crippen molar-refractivity contribution in [2.45, 2.75) is 46.1 Å². The van der Waals surface area contributed by atoms with Crippen LogP contribution in [0.15, 0.2) is 24.4 Å². The average Bonchev–Trinajstić information content (AvgIpc) is 3.38. The van der Waals surface area contributed by atoms with Gasteiger partial charge in [-0.2, -0.15) is 0 Å². The number of aromatic nitrogens is 1. The molecule has 0 aliphatic heterocycles. The Morgan fingerprint density at radius 3 is 2.63 bits per heavy atom. The van der Waals surface area contributed by atoms with Crippen molar-refractivity contribution in [3.63, 3.8) is 0 Å². The van der Waals surface area contributed by atoms with Gasteiger partial charge in [-0.25, -0.2) is 4.98 Å². The van der Waals surface area contributed by atoms with Gasteiger partial charge in [-0.15, -0.1) is 11.3 Å². The summed E-state index contributed by atoms with van der Waals surface area (Å²) in [5, 5.41) is 6.46. The van der Waals surface area contributed by atoms with Crippen molar-refractivity contribution in [2.24, 2.45) is 0 Å². The highest BCUT2D eigenvalue weighted by atomic mass is 32.1. The first-order valence-electron chi connectivity index (χ1n) is 9.24. The van der Waals surface area contributed by atoms with E-state index in [0.717, 1.165) is 34.5 Å². The second kappa shape index (κ2) is 8.63. The van der Waals surface area contributed by atoms with E-state index in [9.17, 15) is 9.59 Å². The molecular formula is C20H26N4O2S. The zero-order chi connectivity index (χ0) is 19.4. The minimum Gasteiger partial charge on any atom is -0.325 e. The molecule has 1 fully saturated rings. The van der Waals surface area contributed by atoms with E-state index >= 15 is 0 Å². The van der Waals surface area contributed by atoms with Gasteiger partial charge in [0.05, 0.1) is 6.54 Å². The third-order valence-corrected chi connectivity index (χ3v) is 5.40. The van der Waals surface area contributed by atoms with Crippen LogP contribution in [0.5, 0.6) is 0 Å². The van der Waals surface area contributed by atoms with Crippen LogP contribution in [-0.2, 0) is 9.59 Å². The molecule has 1 aliphatic rings. The predicted molar refractivity (Wildman–Crippen MR) is 109 cm³/mol. The molecule has 0 bridgehead atoms. The molecule has 0 radical (unpaired) electrons. The van der Waals surface area contributed by atoms with Crippen molar-refractivity contribution in [2.75, 3.05) is 23.7 Å². The van der Waals surface area contributed by atoms with Crippen LogP contribution in [0.2, 0.25) is 0 Å². The van der Waals surface area contributed by atoms with Crippen molar-refractivity contribution < 1.29 is 9.59 Å². The van der Waals surface area contributed by atoms with E-state index in [1.807, 2.05) is 39.0 Å². The molecular weight excluding hydrogens is 360 g/mol. The lowest BCUT2D eigenvalue weighted by molar-refractivity contribution is -0.119. The lowest BCUT2D eigenvalue weighted by atomic mass is 10.1. The zero-order valence-corrected chi connectivity index (χ0v) is 16.9. The van der Waals surface area contributed by atoms with Gasteiger partial charge in [-0.3, -0.25) is 14.5 Å². The van der Waals surface area contributed by atoms with Gasteiger partial charge in [0.25, 0.3) is 0 Å². The number of carbonyl (C=O) groups excluding carboxylic acids is 2. The zero-order valence-electron chi connectivity index (χ0n) is 16.0. The second-order valence-corrected chi connectivity index (χ2v) is 8.38. The van der Waals surface area contributed by atoms with Gasteiger partial charge in [0.2, 0.25) is 11.8 Å². The highest BCUT2D eigenvalue weighted by molar-refractivity contribution is 7.15. The number of nitrogens with one attached hydrogen (secondary N) is 2. The number of aryl methyl sites for hydroxylation is 3. The Bertz CT molecular complexity index is 829. The van der Waals surface area contributed by atoms with Gasteiger partial charge < -0.3 is 10.6 Å². The molecule has 3 rings (SSSR count). The van der Waals surface area contributed by atoms with Crippen LogP contribution < -0.4 is 10.6 Å². The Morgan fingerprint density at radius 2 is 1.96 bits per heavy atom. The van der Waals surface area contributed by atoms with E-state index in [1.165, 1.54) is 11.3 Å². The number of hydrogen-bond donors (Lipinski definition) is 2. The Labute approximate surface area is 164 Å². The Morgan fingerprint density at radius 1 is 1.19 bits per heavy atom. The molecule has 1 aromatic heterocycles.